The molecule has 1 aromatic carbocycles. The molecule has 100 valence electrons. The number of carbonyl (C=O) groups is 1. The molecule has 3 nitrogen and oxygen atoms in total. The molecule has 0 aliphatic heterocycles. The van der Waals surface area contributed by atoms with E-state index in [9.17, 15) is 13.6 Å². The van der Waals surface area contributed by atoms with Gasteiger partial charge in [-0.05, 0) is 31.2 Å². The number of nitrogens with one attached hydrogen (secondary N) is 1. The van der Waals surface area contributed by atoms with Crippen molar-refractivity contribution in [3.63, 3.8) is 0 Å². The maximum atomic E-state index is 13.2. The molecule has 6 heteroatoms. The number of anilines is 1. The largest absolute Gasteiger partial charge is 0.394 e. The van der Waals surface area contributed by atoms with Crippen LogP contribution in [0.5, 0.6) is 0 Å². The summed E-state index contributed by atoms with van der Waals surface area (Å²) in [6.45, 7) is 2.28. The first-order valence-corrected chi connectivity index (χ1v) is 6.37. The zero-order chi connectivity index (χ0) is 14.0. The molecule has 0 spiro atoms. The summed E-state index contributed by atoms with van der Waals surface area (Å²) >= 11 is 1.55. The Morgan fingerprint density at radius 2 is 1.95 bits per heavy atom. The monoisotopic (exact) mass is 282 g/mol. The van der Waals surface area contributed by atoms with Gasteiger partial charge >= 0.3 is 0 Å². The quantitative estimate of drug-likeness (QED) is 0.850. The van der Waals surface area contributed by atoms with E-state index in [4.69, 9.17) is 5.73 Å². The maximum absolute atomic E-state index is 13.2. The van der Waals surface area contributed by atoms with E-state index in [1.165, 1.54) is 0 Å². The third kappa shape index (κ3) is 3.08. The number of carbonyl (C=O) groups excluding carboxylic acids is 1. The van der Waals surface area contributed by atoms with Crippen molar-refractivity contribution in [3.05, 3.63) is 51.2 Å². The lowest BCUT2D eigenvalue weighted by molar-refractivity contribution is 0.0950. The average Bonchev–Trinajstić information content (AvgIpc) is 2.78. The van der Waals surface area contributed by atoms with Crippen LogP contribution in [-0.4, -0.2) is 5.91 Å². The Hall–Kier alpha value is -1.95. The van der Waals surface area contributed by atoms with Gasteiger partial charge in [0, 0.05) is 15.3 Å². The fraction of sp³-hybridized carbons (Fsp3) is 0.154. The van der Waals surface area contributed by atoms with Gasteiger partial charge in [-0.1, -0.05) is 0 Å². The highest BCUT2D eigenvalue weighted by molar-refractivity contribution is 7.11. The highest BCUT2D eigenvalue weighted by Gasteiger charge is 2.13. The van der Waals surface area contributed by atoms with E-state index < -0.39 is 23.2 Å². The van der Waals surface area contributed by atoms with Crippen LogP contribution < -0.4 is 11.1 Å². The lowest BCUT2D eigenvalue weighted by atomic mass is 10.1. The lowest BCUT2D eigenvalue weighted by Crippen LogP contribution is -2.22. The van der Waals surface area contributed by atoms with Crippen molar-refractivity contribution in [2.24, 2.45) is 0 Å². The average molecular weight is 282 g/mol. The van der Waals surface area contributed by atoms with Gasteiger partial charge in [0.05, 0.1) is 6.54 Å². The zero-order valence-corrected chi connectivity index (χ0v) is 11.0. The Labute approximate surface area is 113 Å². The molecular weight excluding hydrogens is 270 g/mol. The fourth-order valence-electron chi connectivity index (χ4n) is 1.56. The van der Waals surface area contributed by atoms with Crippen LogP contribution in [0.1, 0.15) is 20.1 Å². The summed E-state index contributed by atoms with van der Waals surface area (Å²) in [4.78, 5) is 13.9. The predicted molar refractivity (Wildman–Crippen MR) is 71.0 cm³/mol. The van der Waals surface area contributed by atoms with E-state index in [1.807, 2.05) is 19.1 Å². The summed E-state index contributed by atoms with van der Waals surface area (Å²) < 4.78 is 26.4. The fourth-order valence-corrected chi connectivity index (χ4v) is 2.40. The zero-order valence-electron chi connectivity index (χ0n) is 10.2. The van der Waals surface area contributed by atoms with E-state index in [2.05, 4.69) is 5.32 Å². The van der Waals surface area contributed by atoms with E-state index >= 15 is 0 Å². The van der Waals surface area contributed by atoms with Crippen LogP contribution in [0.4, 0.5) is 14.5 Å². The first kappa shape index (κ1) is 13.5. The van der Waals surface area contributed by atoms with Crippen molar-refractivity contribution in [1.82, 2.24) is 5.32 Å². The molecule has 1 amide bonds. The number of aryl methyl sites for hydroxylation is 1. The van der Waals surface area contributed by atoms with Crippen molar-refractivity contribution in [2.75, 3.05) is 5.73 Å². The normalized spacial score (nSPS) is 10.5. The number of hydrogen-bond donors (Lipinski definition) is 2. The Kier molecular flexibility index (Phi) is 3.80. The first-order valence-electron chi connectivity index (χ1n) is 5.55. The minimum atomic E-state index is -0.933. The standard InChI is InChI=1S/C13H12F2N2OS/c1-7-2-3-9(19-7)6-17-13(18)8-4-10(14)12(16)11(15)5-8/h2-5H,6,16H2,1H3,(H,17,18). The molecule has 2 rings (SSSR count). The van der Waals surface area contributed by atoms with Crippen LogP contribution in [-0.2, 0) is 6.54 Å². The highest BCUT2D eigenvalue weighted by atomic mass is 32.1. The second kappa shape index (κ2) is 5.36. The summed E-state index contributed by atoms with van der Waals surface area (Å²) in [5.74, 6) is -2.40. The minimum absolute atomic E-state index is 0.0857. The van der Waals surface area contributed by atoms with Gasteiger partial charge in [-0.3, -0.25) is 4.79 Å². The SMILES string of the molecule is Cc1ccc(CNC(=O)c2cc(F)c(N)c(F)c2)s1. The van der Waals surface area contributed by atoms with Gasteiger partial charge in [-0.15, -0.1) is 11.3 Å². The van der Waals surface area contributed by atoms with Gasteiger partial charge in [0.15, 0.2) is 0 Å². The van der Waals surface area contributed by atoms with Crippen LogP contribution >= 0.6 is 11.3 Å². The summed E-state index contributed by atoms with van der Waals surface area (Å²) in [6, 6.07) is 5.68. The van der Waals surface area contributed by atoms with E-state index in [0.717, 1.165) is 21.9 Å². The van der Waals surface area contributed by atoms with Crippen molar-refractivity contribution >= 4 is 22.9 Å². The molecule has 1 aromatic heterocycles. The molecule has 0 saturated carbocycles. The lowest BCUT2D eigenvalue weighted by Gasteiger charge is -2.06. The number of hydrogen-bond acceptors (Lipinski definition) is 3. The van der Waals surface area contributed by atoms with Gasteiger partial charge in [0.25, 0.3) is 5.91 Å². The van der Waals surface area contributed by atoms with Crippen molar-refractivity contribution in [1.29, 1.82) is 0 Å². The molecule has 3 N–H and O–H groups in total. The molecule has 0 aliphatic rings. The summed E-state index contributed by atoms with van der Waals surface area (Å²) in [7, 11) is 0. The van der Waals surface area contributed by atoms with Gasteiger partial charge < -0.3 is 11.1 Å². The summed E-state index contributed by atoms with van der Waals surface area (Å²) in [5.41, 5.74) is 4.47. The van der Waals surface area contributed by atoms with Crippen LogP contribution in [0.2, 0.25) is 0 Å². The van der Waals surface area contributed by atoms with Gasteiger partial charge in [0.2, 0.25) is 0 Å². The number of amides is 1. The second-order valence-electron chi connectivity index (χ2n) is 4.05. The number of benzene rings is 1. The van der Waals surface area contributed by atoms with Gasteiger partial charge in [-0.25, -0.2) is 8.78 Å². The third-order valence-corrected chi connectivity index (χ3v) is 3.56. The number of thiophene rings is 1. The Balaban J connectivity index is 2.08. The number of rotatable bonds is 3. The Morgan fingerprint density at radius 1 is 1.32 bits per heavy atom. The van der Waals surface area contributed by atoms with Crippen molar-refractivity contribution in [2.45, 2.75) is 13.5 Å². The van der Waals surface area contributed by atoms with Crippen molar-refractivity contribution < 1.29 is 13.6 Å². The molecule has 0 unspecified atom stereocenters. The highest BCUT2D eigenvalue weighted by Crippen LogP contribution is 2.18. The predicted octanol–water partition coefficient (Wildman–Crippen LogP) is 2.85. The van der Waals surface area contributed by atoms with E-state index in [0.29, 0.717) is 6.54 Å². The first-order chi connectivity index (χ1) is 8.97. The molecule has 0 aliphatic carbocycles. The van der Waals surface area contributed by atoms with Gasteiger partial charge in [-0.2, -0.15) is 0 Å². The van der Waals surface area contributed by atoms with Crippen LogP contribution in [0.3, 0.4) is 0 Å². The van der Waals surface area contributed by atoms with Crippen LogP contribution in [0.15, 0.2) is 24.3 Å². The Morgan fingerprint density at radius 3 is 2.47 bits per heavy atom. The minimum Gasteiger partial charge on any atom is -0.394 e. The van der Waals surface area contributed by atoms with E-state index in [-0.39, 0.29) is 5.56 Å². The van der Waals surface area contributed by atoms with Crippen LogP contribution in [0, 0.1) is 18.6 Å². The smallest absolute Gasteiger partial charge is 0.251 e. The van der Waals surface area contributed by atoms with E-state index in [1.54, 1.807) is 11.3 Å². The molecule has 0 atom stereocenters. The summed E-state index contributed by atoms with van der Waals surface area (Å²) in [6.07, 6.45) is 0. The second-order valence-corrected chi connectivity index (χ2v) is 5.42. The molecule has 19 heavy (non-hydrogen) atoms. The number of nitrogens with two attached hydrogens (primary N) is 1. The van der Waals surface area contributed by atoms with Gasteiger partial charge in [0.1, 0.15) is 17.3 Å². The molecule has 1 heterocycles. The maximum Gasteiger partial charge on any atom is 0.251 e. The molecule has 0 fully saturated rings. The topological polar surface area (TPSA) is 55.1 Å². The molecule has 0 bridgehead atoms. The summed E-state index contributed by atoms with van der Waals surface area (Å²) in [5, 5.41) is 2.60. The molecular formula is C13H12F2N2OS. The number of halogens is 2. The number of nitrogen functional groups attached to an aromatic ring is 1. The molecule has 0 saturated heterocycles. The third-order valence-electron chi connectivity index (χ3n) is 2.56. The van der Waals surface area contributed by atoms with Crippen molar-refractivity contribution in [3.8, 4) is 0 Å². The Bertz CT molecular complexity index is 602. The molecule has 0 radical (unpaired) electrons. The van der Waals surface area contributed by atoms with Crippen LogP contribution in [0.25, 0.3) is 0 Å². The molecule has 2 aromatic rings.